The van der Waals surface area contributed by atoms with Crippen LogP contribution in [0.5, 0.6) is 0 Å². The molecule has 0 bridgehead atoms. The molecule has 0 radical (unpaired) electrons. The summed E-state index contributed by atoms with van der Waals surface area (Å²) in [6.45, 7) is 7.15. The quantitative estimate of drug-likeness (QED) is 0.532. The minimum Gasteiger partial charge on any atom is -0.366 e. The molecule has 2 fully saturated rings. The van der Waals surface area contributed by atoms with E-state index < -0.39 is 0 Å². The number of fused-ring (bicyclic) bond motifs is 1. The van der Waals surface area contributed by atoms with E-state index in [1.807, 2.05) is 13.8 Å². The summed E-state index contributed by atoms with van der Waals surface area (Å²) in [5.74, 6) is 0. The maximum Gasteiger partial charge on any atom is 0.0992 e. The first-order chi connectivity index (χ1) is 5.47. The largest absolute Gasteiger partial charge is 0.366 e. The van der Waals surface area contributed by atoms with Crippen molar-refractivity contribution in [2.75, 3.05) is 19.9 Å². The van der Waals surface area contributed by atoms with Crippen LogP contribution in [0.3, 0.4) is 0 Å². The smallest absolute Gasteiger partial charge is 0.0992 e. The van der Waals surface area contributed by atoms with Crippen molar-refractivity contribution in [1.82, 2.24) is 4.90 Å². The Morgan fingerprint density at radius 2 is 2.09 bits per heavy atom. The molecule has 0 aromatic rings. The molecule has 0 aromatic heterocycles. The monoisotopic (exact) mass is 157 g/mol. The van der Waals surface area contributed by atoms with Crippen LogP contribution in [0.1, 0.15) is 33.1 Å². The van der Waals surface area contributed by atoms with Crippen molar-refractivity contribution in [2.45, 2.75) is 39.2 Å². The van der Waals surface area contributed by atoms with Gasteiger partial charge in [0.2, 0.25) is 0 Å². The molecular weight excluding hydrogens is 138 g/mol. The Kier molecular flexibility index (Phi) is 3.87. The van der Waals surface area contributed by atoms with Gasteiger partial charge in [0.15, 0.2) is 0 Å². The number of hydrogen-bond donors (Lipinski definition) is 0. The van der Waals surface area contributed by atoms with Crippen LogP contribution in [0.2, 0.25) is 0 Å². The molecule has 2 heteroatoms. The number of hydrogen-bond acceptors (Lipinski definition) is 2. The molecule has 1 unspecified atom stereocenters. The zero-order valence-electron chi connectivity index (χ0n) is 7.68. The summed E-state index contributed by atoms with van der Waals surface area (Å²) >= 11 is 0. The summed E-state index contributed by atoms with van der Waals surface area (Å²) in [6, 6.07) is 0.874. The first kappa shape index (κ1) is 9.01. The van der Waals surface area contributed by atoms with Crippen molar-refractivity contribution in [2.24, 2.45) is 0 Å². The van der Waals surface area contributed by atoms with E-state index in [4.69, 9.17) is 4.74 Å². The van der Waals surface area contributed by atoms with E-state index >= 15 is 0 Å². The van der Waals surface area contributed by atoms with Crippen molar-refractivity contribution < 1.29 is 4.74 Å². The summed E-state index contributed by atoms with van der Waals surface area (Å²) < 4.78 is 5.31. The molecule has 2 aliphatic heterocycles. The lowest BCUT2D eigenvalue weighted by atomic mass is 10.1. The molecule has 2 nitrogen and oxygen atoms in total. The summed E-state index contributed by atoms with van der Waals surface area (Å²) in [7, 11) is 0. The van der Waals surface area contributed by atoms with Gasteiger partial charge in [-0.3, -0.25) is 4.90 Å². The maximum absolute atomic E-state index is 5.31. The molecule has 0 amide bonds. The summed E-state index contributed by atoms with van der Waals surface area (Å²) in [5.41, 5.74) is 0. The van der Waals surface area contributed by atoms with Gasteiger partial charge in [-0.15, -0.1) is 0 Å². The Morgan fingerprint density at radius 1 is 1.27 bits per heavy atom. The van der Waals surface area contributed by atoms with Crippen LogP contribution in [-0.4, -0.2) is 30.8 Å². The topological polar surface area (TPSA) is 12.5 Å². The van der Waals surface area contributed by atoms with Crippen LogP contribution < -0.4 is 0 Å². The molecule has 11 heavy (non-hydrogen) atoms. The molecule has 66 valence electrons. The summed E-state index contributed by atoms with van der Waals surface area (Å²) in [6.07, 6.45) is 4.05. The van der Waals surface area contributed by atoms with Gasteiger partial charge in [0, 0.05) is 19.2 Å². The van der Waals surface area contributed by atoms with Crippen molar-refractivity contribution in [3.8, 4) is 0 Å². The van der Waals surface area contributed by atoms with E-state index in [2.05, 4.69) is 4.90 Å². The van der Waals surface area contributed by atoms with Gasteiger partial charge in [-0.2, -0.15) is 0 Å². The zero-order valence-corrected chi connectivity index (χ0v) is 7.68. The van der Waals surface area contributed by atoms with Crippen LogP contribution in [0, 0.1) is 0 Å². The number of rotatable bonds is 0. The molecule has 2 rings (SSSR count). The maximum atomic E-state index is 5.31. The average Bonchev–Trinajstić information content (AvgIpc) is 2.55. The second-order valence-corrected chi connectivity index (χ2v) is 2.93. The Bertz CT molecular complexity index is 93.7. The SMILES string of the molecule is C1CC2CCOCN2C1.CC. The first-order valence-corrected chi connectivity index (χ1v) is 4.78. The highest BCUT2D eigenvalue weighted by molar-refractivity contribution is 4.79. The van der Waals surface area contributed by atoms with Crippen molar-refractivity contribution in [1.29, 1.82) is 0 Å². The normalized spacial score (nSPS) is 30.5. The second kappa shape index (κ2) is 4.73. The van der Waals surface area contributed by atoms with Crippen molar-refractivity contribution in [3.05, 3.63) is 0 Å². The van der Waals surface area contributed by atoms with Crippen LogP contribution in [-0.2, 0) is 4.74 Å². The van der Waals surface area contributed by atoms with Gasteiger partial charge in [0.25, 0.3) is 0 Å². The van der Waals surface area contributed by atoms with Gasteiger partial charge in [0.1, 0.15) is 0 Å². The molecule has 0 N–H and O–H groups in total. The summed E-state index contributed by atoms with van der Waals surface area (Å²) in [4.78, 5) is 2.45. The third-order valence-corrected chi connectivity index (χ3v) is 2.35. The van der Waals surface area contributed by atoms with E-state index in [0.717, 1.165) is 19.4 Å². The lowest BCUT2D eigenvalue weighted by Crippen LogP contribution is -2.37. The van der Waals surface area contributed by atoms with Gasteiger partial charge in [-0.1, -0.05) is 13.8 Å². The first-order valence-electron chi connectivity index (χ1n) is 4.78. The summed E-state index contributed by atoms with van der Waals surface area (Å²) in [5, 5.41) is 0. The standard InChI is InChI=1S/C7H13NO.C2H6/c1-2-7-3-5-9-6-8(7)4-1;1-2/h7H,1-6H2;1-2H3. The van der Waals surface area contributed by atoms with Crippen LogP contribution in [0.25, 0.3) is 0 Å². The van der Waals surface area contributed by atoms with Crippen molar-refractivity contribution in [3.63, 3.8) is 0 Å². The second-order valence-electron chi connectivity index (χ2n) is 2.93. The molecule has 2 aliphatic rings. The lowest BCUT2D eigenvalue weighted by Gasteiger charge is -2.28. The highest BCUT2D eigenvalue weighted by atomic mass is 16.5. The highest BCUT2D eigenvalue weighted by Gasteiger charge is 2.26. The average molecular weight is 157 g/mol. The third-order valence-electron chi connectivity index (χ3n) is 2.35. The Balaban J connectivity index is 0.000000281. The number of ether oxygens (including phenoxy) is 1. The lowest BCUT2D eigenvalue weighted by molar-refractivity contribution is -0.0285. The van der Waals surface area contributed by atoms with Crippen LogP contribution in [0.4, 0.5) is 0 Å². The fraction of sp³-hybridized carbons (Fsp3) is 1.00. The minimum atomic E-state index is 0.874. The van der Waals surface area contributed by atoms with Crippen LogP contribution in [0.15, 0.2) is 0 Å². The highest BCUT2D eigenvalue weighted by Crippen LogP contribution is 2.22. The predicted molar refractivity (Wildman–Crippen MR) is 46.5 cm³/mol. The molecule has 2 heterocycles. The van der Waals surface area contributed by atoms with Gasteiger partial charge < -0.3 is 4.74 Å². The van der Waals surface area contributed by atoms with E-state index in [0.29, 0.717) is 0 Å². The Hall–Kier alpha value is -0.0800. The minimum absolute atomic E-state index is 0.874. The molecule has 1 atom stereocenters. The van der Waals surface area contributed by atoms with E-state index in [-0.39, 0.29) is 0 Å². The van der Waals surface area contributed by atoms with Crippen LogP contribution >= 0.6 is 0 Å². The molecule has 0 aromatic carbocycles. The zero-order chi connectivity index (χ0) is 8.10. The molecule has 0 saturated carbocycles. The Morgan fingerprint density at radius 3 is 2.82 bits per heavy atom. The molecule has 0 spiro atoms. The number of nitrogens with zero attached hydrogens (tertiary/aromatic N) is 1. The fourth-order valence-electron chi connectivity index (χ4n) is 1.79. The van der Waals surface area contributed by atoms with Gasteiger partial charge in [-0.25, -0.2) is 0 Å². The van der Waals surface area contributed by atoms with Gasteiger partial charge in [-0.05, 0) is 19.3 Å². The van der Waals surface area contributed by atoms with Crippen molar-refractivity contribution >= 4 is 0 Å². The predicted octanol–water partition coefficient (Wildman–Crippen LogP) is 1.85. The molecule has 2 saturated heterocycles. The molecular formula is C9H19NO. The molecule has 0 aliphatic carbocycles. The van der Waals surface area contributed by atoms with Gasteiger partial charge in [0.05, 0.1) is 6.73 Å². The van der Waals surface area contributed by atoms with E-state index in [1.165, 1.54) is 25.8 Å². The third kappa shape index (κ3) is 2.17. The fourth-order valence-corrected chi connectivity index (χ4v) is 1.79. The van der Waals surface area contributed by atoms with Gasteiger partial charge >= 0.3 is 0 Å². The van der Waals surface area contributed by atoms with E-state index in [9.17, 15) is 0 Å². The van der Waals surface area contributed by atoms with E-state index in [1.54, 1.807) is 0 Å². The Labute approximate surface area is 69.5 Å².